The monoisotopic (exact) mass is 458 g/mol. The normalized spacial score (nSPS) is 21.2. The van der Waals surface area contributed by atoms with Crippen LogP contribution < -0.4 is 5.48 Å². The number of nitrogens with zero attached hydrogens (tertiary/aromatic N) is 1. The number of nitrogens with one attached hydrogen (secondary N) is 1. The largest absolute Gasteiger partial charge is 0.411 e. The third kappa shape index (κ3) is 4.65. The second-order valence-electron chi connectivity index (χ2n) is 6.61. The van der Waals surface area contributed by atoms with Gasteiger partial charge in [-0.05, 0) is 66.3 Å². The van der Waals surface area contributed by atoms with Crippen molar-refractivity contribution < 1.29 is 10.4 Å². The summed E-state index contributed by atoms with van der Waals surface area (Å²) in [4.78, 5) is 0. The van der Waals surface area contributed by atoms with E-state index in [4.69, 9.17) is 46.4 Å². The molecule has 0 aromatic heterocycles. The van der Waals surface area contributed by atoms with Crippen molar-refractivity contribution in [1.82, 2.24) is 5.48 Å². The predicted octanol–water partition coefficient (Wildman–Crippen LogP) is 7.03. The molecule has 28 heavy (non-hydrogen) atoms. The highest BCUT2D eigenvalue weighted by atomic mass is 35.5. The number of halogens is 4. The Hall–Kier alpha value is -1.27. The Morgan fingerprint density at radius 3 is 2.29 bits per heavy atom. The lowest BCUT2D eigenvalue weighted by molar-refractivity contribution is 0.106. The van der Waals surface area contributed by atoms with Gasteiger partial charge in [0.05, 0.1) is 31.8 Å². The Kier molecular flexibility index (Phi) is 7.26. The number of hydroxylamine groups is 1. The minimum atomic E-state index is -0.502. The molecule has 0 spiro atoms. The average Bonchev–Trinajstić information content (AvgIpc) is 2.68. The van der Waals surface area contributed by atoms with E-state index in [1.165, 1.54) is 0 Å². The SMILES string of the molecule is O/N=C1\C(=C\c2ccc(Cl)c(Cl)c2)CCCC1C(NO)c1ccc(Cl)c(Cl)c1. The van der Waals surface area contributed by atoms with Gasteiger partial charge < -0.3 is 10.4 Å². The quantitative estimate of drug-likeness (QED) is 0.339. The second kappa shape index (κ2) is 9.49. The Morgan fingerprint density at radius 1 is 1.00 bits per heavy atom. The van der Waals surface area contributed by atoms with E-state index in [1.54, 1.807) is 30.3 Å². The Bertz CT molecular complexity index is 930. The van der Waals surface area contributed by atoms with Crippen molar-refractivity contribution >= 4 is 58.2 Å². The fraction of sp³-hybridized carbons (Fsp3) is 0.250. The molecule has 1 fully saturated rings. The predicted molar refractivity (Wildman–Crippen MR) is 115 cm³/mol. The van der Waals surface area contributed by atoms with Crippen LogP contribution in [0.25, 0.3) is 6.08 Å². The molecule has 148 valence electrons. The van der Waals surface area contributed by atoms with E-state index in [9.17, 15) is 10.4 Å². The van der Waals surface area contributed by atoms with Crippen LogP contribution in [0, 0.1) is 5.92 Å². The molecular weight excluding hydrogens is 442 g/mol. The molecule has 3 rings (SSSR count). The number of rotatable bonds is 4. The minimum absolute atomic E-state index is 0.255. The van der Waals surface area contributed by atoms with Gasteiger partial charge in [0.1, 0.15) is 0 Å². The number of benzene rings is 2. The molecule has 3 N–H and O–H groups in total. The molecule has 0 saturated heterocycles. The van der Waals surface area contributed by atoms with Gasteiger partial charge >= 0.3 is 0 Å². The third-order valence-corrected chi connectivity index (χ3v) is 6.36. The van der Waals surface area contributed by atoms with Gasteiger partial charge in [-0.3, -0.25) is 0 Å². The van der Waals surface area contributed by atoms with Crippen molar-refractivity contribution in [2.75, 3.05) is 0 Å². The first-order valence-corrected chi connectivity index (χ1v) is 10.2. The standard InChI is InChI=1S/C20H18Cl4N2O2/c21-15-6-4-11(9-17(15)23)8-12-2-1-3-14(19(12)25-27)20(26-28)13-5-7-16(22)18(24)10-13/h4-10,14,20,26-28H,1-3H2/b12-8+,25-19+. The molecule has 0 amide bonds. The summed E-state index contributed by atoms with van der Waals surface area (Å²) in [6.45, 7) is 0. The molecular formula is C20H18Cl4N2O2. The zero-order chi connectivity index (χ0) is 20.3. The second-order valence-corrected chi connectivity index (χ2v) is 8.24. The van der Waals surface area contributed by atoms with Gasteiger partial charge in [-0.25, -0.2) is 0 Å². The van der Waals surface area contributed by atoms with Crippen LogP contribution in [0.1, 0.15) is 36.4 Å². The topological polar surface area (TPSA) is 64.9 Å². The van der Waals surface area contributed by atoms with Gasteiger partial charge in [0.15, 0.2) is 0 Å². The smallest absolute Gasteiger partial charge is 0.0878 e. The van der Waals surface area contributed by atoms with E-state index < -0.39 is 6.04 Å². The van der Waals surface area contributed by atoms with Gasteiger partial charge in [-0.15, -0.1) is 0 Å². The van der Waals surface area contributed by atoms with Crippen LogP contribution in [0.3, 0.4) is 0 Å². The first-order valence-electron chi connectivity index (χ1n) is 8.67. The summed E-state index contributed by atoms with van der Waals surface area (Å²) in [5.74, 6) is -0.255. The maximum absolute atomic E-state index is 9.83. The van der Waals surface area contributed by atoms with E-state index in [0.717, 1.165) is 36.0 Å². The summed E-state index contributed by atoms with van der Waals surface area (Å²) >= 11 is 24.2. The lowest BCUT2D eigenvalue weighted by Gasteiger charge is -2.32. The molecule has 0 aliphatic heterocycles. The van der Waals surface area contributed by atoms with Crippen LogP contribution >= 0.6 is 46.4 Å². The van der Waals surface area contributed by atoms with Crippen LogP contribution in [0.15, 0.2) is 47.1 Å². The Balaban J connectivity index is 1.95. The molecule has 1 aliphatic carbocycles. The van der Waals surface area contributed by atoms with Crippen LogP contribution in [0.4, 0.5) is 0 Å². The fourth-order valence-electron chi connectivity index (χ4n) is 3.53. The van der Waals surface area contributed by atoms with Crippen LogP contribution in [-0.2, 0) is 0 Å². The summed E-state index contributed by atoms with van der Waals surface area (Å²) in [7, 11) is 0. The van der Waals surface area contributed by atoms with Crippen LogP contribution in [0.2, 0.25) is 20.1 Å². The Labute approximate surface area is 183 Å². The van der Waals surface area contributed by atoms with Crippen molar-refractivity contribution in [3.05, 3.63) is 73.2 Å². The van der Waals surface area contributed by atoms with Crippen molar-refractivity contribution in [3.8, 4) is 0 Å². The summed E-state index contributed by atoms with van der Waals surface area (Å²) in [5.41, 5.74) is 5.33. The highest BCUT2D eigenvalue weighted by Gasteiger charge is 2.33. The lowest BCUT2D eigenvalue weighted by Crippen LogP contribution is -2.34. The van der Waals surface area contributed by atoms with Crippen LogP contribution in [-0.4, -0.2) is 16.1 Å². The molecule has 0 bridgehead atoms. The van der Waals surface area contributed by atoms with Crippen molar-refractivity contribution in [3.63, 3.8) is 0 Å². The third-order valence-electron chi connectivity index (χ3n) is 4.88. The highest BCUT2D eigenvalue weighted by molar-refractivity contribution is 6.42. The maximum atomic E-state index is 9.83. The van der Waals surface area contributed by atoms with E-state index in [0.29, 0.717) is 25.8 Å². The summed E-state index contributed by atoms with van der Waals surface area (Å²) in [6.07, 6.45) is 4.27. The lowest BCUT2D eigenvalue weighted by atomic mass is 9.77. The van der Waals surface area contributed by atoms with Crippen molar-refractivity contribution in [2.24, 2.45) is 11.1 Å². The number of hydrogen-bond acceptors (Lipinski definition) is 4. The minimum Gasteiger partial charge on any atom is -0.411 e. The van der Waals surface area contributed by atoms with Gasteiger partial charge in [-0.1, -0.05) is 63.7 Å². The molecule has 0 heterocycles. The number of hydrogen-bond donors (Lipinski definition) is 3. The molecule has 4 nitrogen and oxygen atoms in total. The Morgan fingerprint density at radius 2 is 1.68 bits per heavy atom. The molecule has 1 saturated carbocycles. The molecule has 1 aliphatic rings. The number of oxime groups is 1. The van der Waals surface area contributed by atoms with Gasteiger partial charge in [0.2, 0.25) is 0 Å². The van der Waals surface area contributed by atoms with E-state index in [1.807, 2.05) is 12.1 Å². The molecule has 2 atom stereocenters. The zero-order valence-electron chi connectivity index (χ0n) is 14.7. The first-order chi connectivity index (χ1) is 13.4. The maximum Gasteiger partial charge on any atom is 0.0878 e. The highest BCUT2D eigenvalue weighted by Crippen LogP contribution is 2.38. The molecule has 2 aromatic carbocycles. The van der Waals surface area contributed by atoms with Gasteiger partial charge in [-0.2, -0.15) is 5.48 Å². The molecule has 2 unspecified atom stereocenters. The van der Waals surface area contributed by atoms with Crippen LogP contribution in [0.5, 0.6) is 0 Å². The van der Waals surface area contributed by atoms with Crippen molar-refractivity contribution in [2.45, 2.75) is 25.3 Å². The fourth-order valence-corrected chi connectivity index (χ4v) is 4.14. The zero-order valence-corrected chi connectivity index (χ0v) is 17.7. The van der Waals surface area contributed by atoms with Gasteiger partial charge in [0, 0.05) is 5.92 Å². The van der Waals surface area contributed by atoms with Gasteiger partial charge in [0.25, 0.3) is 0 Å². The molecule has 2 aromatic rings. The molecule has 0 radical (unpaired) electrons. The molecule has 8 heteroatoms. The average molecular weight is 460 g/mol. The van der Waals surface area contributed by atoms with E-state index >= 15 is 0 Å². The van der Waals surface area contributed by atoms with E-state index in [2.05, 4.69) is 10.6 Å². The number of allylic oxidation sites excluding steroid dienone is 1. The van der Waals surface area contributed by atoms with Crippen molar-refractivity contribution in [1.29, 1.82) is 0 Å². The summed E-state index contributed by atoms with van der Waals surface area (Å²) < 4.78 is 0. The summed E-state index contributed by atoms with van der Waals surface area (Å²) in [6, 6.07) is 9.99. The summed E-state index contributed by atoms with van der Waals surface area (Å²) in [5, 5.41) is 24.9. The van der Waals surface area contributed by atoms with E-state index in [-0.39, 0.29) is 5.92 Å². The first kappa shape index (κ1) is 21.4.